The monoisotopic (exact) mass is 330 g/mol. The van der Waals surface area contributed by atoms with Crippen molar-refractivity contribution in [1.29, 1.82) is 0 Å². The Balaban J connectivity index is 1.74. The van der Waals surface area contributed by atoms with Crippen LogP contribution in [0.5, 0.6) is 0 Å². The molecule has 1 heterocycles. The molecule has 130 valence electrons. The maximum Gasteiger partial charge on any atom is 0.334 e. The highest BCUT2D eigenvalue weighted by Gasteiger charge is 2.60. The number of fused-ring (bicyclic) bond motifs is 5. The molecule has 1 saturated heterocycles. The van der Waals surface area contributed by atoms with Crippen molar-refractivity contribution in [1.82, 2.24) is 0 Å². The summed E-state index contributed by atoms with van der Waals surface area (Å²) in [5.41, 5.74) is 1.19. The van der Waals surface area contributed by atoms with Crippen LogP contribution in [-0.4, -0.2) is 23.1 Å². The van der Waals surface area contributed by atoms with Crippen molar-refractivity contribution in [2.75, 3.05) is 0 Å². The van der Waals surface area contributed by atoms with Crippen LogP contribution in [-0.2, 0) is 14.3 Å². The lowest BCUT2D eigenvalue weighted by atomic mass is 9.46. The minimum absolute atomic E-state index is 0.0171. The molecular weight excluding hydrogens is 304 g/mol. The minimum atomic E-state index is -0.662. The first-order valence-corrected chi connectivity index (χ1v) is 9.12. The van der Waals surface area contributed by atoms with E-state index in [1.807, 2.05) is 6.92 Å². The lowest BCUT2D eigenvalue weighted by molar-refractivity contribution is -0.163. The van der Waals surface area contributed by atoms with E-state index in [1.54, 1.807) is 0 Å². The first-order chi connectivity index (χ1) is 11.3. The van der Waals surface area contributed by atoms with Gasteiger partial charge in [-0.3, -0.25) is 4.79 Å². The zero-order chi connectivity index (χ0) is 17.3. The number of hydrogen-bond acceptors (Lipinski definition) is 3. The molecule has 1 N–H and O–H groups in total. The van der Waals surface area contributed by atoms with Gasteiger partial charge in [0.05, 0.1) is 5.41 Å². The van der Waals surface area contributed by atoms with E-state index in [0.717, 1.165) is 38.5 Å². The lowest BCUT2D eigenvalue weighted by Crippen LogP contribution is -2.54. The molecule has 0 aromatic rings. The largest absolute Gasteiger partial charge is 0.481 e. The van der Waals surface area contributed by atoms with Crippen LogP contribution in [0.25, 0.3) is 0 Å². The van der Waals surface area contributed by atoms with E-state index < -0.39 is 11.4 Å². The molecule has 0 unspecified atom stereocenters. The molecule has 6 atom stereocenters. The molecule has 3 aliphatic carbocycles. The van der Waals surface area contributed by atoms with Crippen molar-refractivity contribution >= 4 is 11.9 Å². The van der Waals surface area contributed by atoms with Crippen LogP contribution in [0.15, 0.2) is 23.8 Å². The van der Waals surface area contributed by atoms with Gasteiger partial charge in [0.2, 0.25) is 0 Å². The molecule has 0 spiro atoms. The maximum absolute atomic E-state index is 12.0. The zero-order valence-electron chi connectivity index (χ0n) is 14.5. The van der Waals surface area contributed by atoms with Gasteiger partial charge in [0.15, 0.2) is 0 Å². The Morgan fingerprint density at radius 1 is 1.33 bits per heavy atom. The molecule has 4 heteroatoms. The summed E-state index contributed by atoms with van der Waals surface area (Å²) in [7, 11) is 0. The van der Waals surface area contributed by atoms with E-state index in [-0.39, 0.29) is 29.3 Å². The third-order valence-corrected chi connectivity index (χ3v) is 7.66. The van der Waals surface area contributed by atoms with E-state index in [2.05, 4.69) is 19.6 Å². The van der Waals surface area contributed by atoms with Gasteiger partial charge in [-0.2, -0.15) is 0 Å². The van der Waals surface area contributed by atoms with Crippen molar-refractivity contribution < 1.29 is 19.4 Å². The second kappa shape index (κ2) is 4.96. The average molecular weight is 330 g/mol. The van der Waals surface area contributed by atoms with Crippen molar-refractivity contribution in [2.24, 2.45) is 28.6 Å². The summed E-state index contributed by atoms with van der Waals surface area (Å²) in [5, 5.41) is 9.86. The molecule has 0 bridgehead atoms. The standard InChI is InChI=1S/C20H26O4/c1-11-12-5-7-14-13(16(12)24-17(11)21)6-8-15-19(14,2)9-4-10-20(15,3)18(22)23/h6,12,14-16H,1,4-5,7-10H2,2-3H3,(H,22,23)/t12-,14+,15-,16+,19-,20+/m0/s1. The fraction of sp³-hybridized carbons (Fsp3) is 0.700. The quantitative estimate of drug-likeness (QED) is 0.452. The molecule has 3 fully saturated rings. The van der Waals surface area contributed by atoms with Gasteiger partial charge in [0, 0.05) is 11.5 Å². The highest BCUT2D eigenvalue weighted by Crippen LogP contribution is 2.63. The third kappa shape index (κ3) is 1.86. The van der Waals surface area contributed by atoms with Crippen LogP contribution < -0.4 is 0 Å². The third-order valence-electron chi connectivity index (χ3n) is 7.66. The molecule has 24 heavy (non-hydrogen) atoms. The number of esters is 1. The highest BCUT2D eigenvalue weighted by molar-refractivity contribution is 5.91. The van der Waals surface area contributed by atoms with Crippen LogP contribution in [0.1, 0.15) is 52.4 Å². The number of carbonyl (C=O) groups is 2. The Bertz CT molecular complexity index is 663. The van der Waals surface area contributed by atoms with Gasteiger partial charge in [-0.05, 0) is 61.9 Å². The fourth-order valence-electron chi connectivity index (χ4n) is 6.28. The molecule has 1 aliphatic heterocycles. The van der Waals surface area contributed by atoms with Crippen LogP contribution in [0.2, 0.25) is 0 Å². The van der Waals surface area contributed by atoms with E-state index in [1.165, 1.54) is 5.57 Å². The van der Waals surface area contributed by atoms with Crippen molar-refractivity contribution in [3.8, 4) is 0 Å². The van der Waals surface area contributed by atoms with Crippen LogP contribution in [0.3, 0.4) is 0 Å². The number of carbonyl (C=O) groups excluding carboxylic acids is 1. The van der Waals surface area contributed by atoms with E-state index in [0.29, 0.717) is 11.5 Å². The summed E-state index contributed by atoms with van der Waals surface area (Å²) in [4.78, 5) is 23.9. The summed E-state index contributed by atoms with van der Waals surface area (Å²) in [5.74, 6) is -0.311. The summed E-state index contributed by atoms with van der Waals surface area (Å²) in [6, 6.07) is 0. The van der Waals surface area contributed by atoms with Gasteiger partial charge in [-0.25, -0.2) is 4.79 Å². The van der Waals surface area contributed by atoms with Gasteiger partial charge in [0.25, 0.3) is 0 Å². The molecular formula is C20H26O4. The van der Waals surface area contributed by atoms with Crippen LogP contribution >= 0.6 is 0 Å². The zero-order valence-corrected chi connectivity index (χ0v) is 14.5. The van der Waals surface area contributed by atoms with E-state index >= 15 is 0 Å². The Morgan fingerprint density at radius 3 is 2.79 bits per heavy atom. The molecule has 4 aliphatic rings. The van der Waals surface area contributed by atoms with Gasteiger partial charge in [-0.1, -0.05) is 26.0 Å². The minimum Gasteiger partial charge on any atom is -0.481 e. The molecule has 0 aromatic carbocycles. The predicted octanol–water partition coefficient (Wildman–Crippen LogP) is 3.72. The average Bonchev–Trinajstić information content (AvgIpc) is 2.82. The number of aliphatic carboxylic acids is 1. The Hall–Kier alpha value is -1.58. The summed E-state index contributed by atoms with van der Waals surface area (Å²) < 4.78 is 5.65. The van der Waals surface area contributed by atoms with Crippen molar-refractivity contribution in [2.45, 2.75) is 58.5 Å². The Labute approximate surface area is 143 Å². The fourth-order valence-corrected chi connectivity index (χ4v) is 6.28. The number of hydrogen-bond donors (Lipinski definition) is 1. The number of ether oxygens (including phenoxy) is 1. The van der Waals surface area contributed by atoms with Gasteiger partial charge < -0.3 is 9.84 Å². The lowest BCUT2D eigenvalue weighted by Gasteiger charge is -2.58. The molecule has 0 aromatic heterocycles. The second-order valence-electron chi connectivity index (χ2n) is 8.66. The normalized spacial score (nSPS) is 47.2. The Morgan fingerprint density at radius 2 is 2.08 bits per heavy atom. The first kappa shape index (κ1) is 15.9. The highest BCUT2D eigenvalue weighted by atomic mass is 16.6. The maximum atomic E-state index is 12.0. The van der Waals surface area contributed by atoms with Gasteiger partial charge >= 0.3 is 11.9 Å². The number of allylic oxidation sites excluding steroid dienone is 1. The predicted molar refractivity (Wildman–Crippen MR) is 89.1 cm³/mol. The molecule has 4 nitrogen and oxygen atoms in total. The van der Waals surface area contributed by atoms with Crippen molar-refractivity contribution in [3.63, 3.8) is 0 Å². The molecule has 0 amide bonds. The van der Waals surface area contributed by atoms with Crippen molar-refractivity contribution in [3.05, 3.63) is 23.8 Å². The molecule has 2 saturated carbocycles. The summed E-state index contributed by atoms with van der Waals surface area (Å²) >= 11 is 0. The second-order valence-corrected chi connectivity index (χ2v) is 8.66. The number of carboxylic acid groups (broad SMARTS) is 1. The topological polar surface area (TPSA) is 63.6 Å². The van der Waals surface area contributed by atoms with Gasteiger partial charge in [-0.15, -0.1) is 0 Å². The molecule has 4 rings (SSSR count). The molecule has 0 radical (unpaired) electrons. The Kier molecular flexibility index (Phi) is 3.29. The summed E-state index contributed by atoms with van der Waals surface area (Å²) in [6.07, 6.45) is 7.53. The van der Waals surface area contributed by atoms with E-state index in [4.69, 9.17) is 4.74 Å². The number of rotatable bonds is 1. The summed E-state index contributed by atoms with van der Waals surface area (Å²) in [6.45, 7) is 8.13. The smallest absolute Gasteiger partial charge is 0.334 e. The first-order valence-electron chi connectivity index (χ1n) is 9.12. The van der Waals surface area contributed by atoms with Crippen LogP contribution in [0.4, 0.5) is 0 Å². The van der Waals surface area contributed by atoms with Gasteiger partial charge in [0.1, 0.15) is 6.10 Å². The number of carboxylic acids is 1. The van der Waals surface area contributed by atoms with E-state index in [9.17, 15) is 14.7 Å². The SMILES string of the molecule is C=C1C(=O)O[C@H]2C3=CC[C@H]4[C@@](C)(CCC[C@@]4(C)C(=O)O)[C@@H]3CC[C@@H]12. The van der Waals surface area contributed by atoms with Crippen LogP contribution in [0, 0.1) is 28.6 Å².